The predicted molar refractivity (Wildman–Crippen MR) is 268 cm³/mol. The summed E-state index contributed by atoms with van der Waals surface area (Å²) in [6, 6.07) is 22.3. The van der Waals surface area contributed by atoms with Gasteiger partial charge in [0.2, 0.25) is 23.8 Å². The molecule has 0 radical (unpaired) electrons. The van der Waals surface area contributed by atoms with Gasteiger partial charge in [-0.15, -0.1) is 0 Å². The third-order valence-electron chi connectivity index (χ3n) is 10.0. The van der Waals surface area contributed by atoms with Gasteiger partial charge in [0.1, 0.15) is 21.4 Å². The lowest BCUT2D eigenvalue weighted by Gasteiger charge is -2.16. The molecule has 6 aromatic rings. The van der Waals surface area contributed by atoms with E-state index in [1.807, 2.05) is 26.0 Å². The molecule has 6 rings (SSSR count). The molecule has 0 aliphatic rings. The average molecular weight is 1050 g/mol. The topological polar surface area (TPSA) is 325 Å². The van der Waals surface area contributed by atoms with Crippen LogP contribution in [-0.2, 0) is 62.1 Å². The van der Waals surface area contributed by atoms with Gasteiger partial charge in [0.25, 0.3) is 30.4 Å². The Morgan fingerprint density at radius 2 is 1.10 bits per heavy atom. The molecule has 26 heteroatoms. The van der Waals surface area contributed by atoms with Gasteiger partial charge in [-0.25, -0.2) is 0 Å². The summed E-state index contributed by atoms with van der Waals surface area (Å²) in [5.41, 5.74) is 2.31. The third-order valence-corrected chi connectivity index (χ3v) is 12.7. The zero-order chi connectivity index (χ0) is 51.9. The number of aromatic nitrogens is 6. The number of benzene rings is 4. The van der Waals surface area contributed by atoms with Crippen LogP contribution in [0.3, 0.4) is 0 Å². The van der Waals surface area contributed by atoms with Crippen molar-refractivity contribution in [2.45, 2.75) is 53.5 Å². The number of nitrogens with one attached hydrogen (secondary N) is 4. The largest absolute Gasteiger partial charge is 0.382 e. The zero-order valence-electron chi connectivity index (χ0n) is 39.5. The molecular formula is C46H54N10O13S3. The lowest BCUT2D eigenvalue weighted by molar-refractivity contribution is 0.0676. The number of methoxy groups -OCH3 is 2. The third kappa shape index (κ3) is 17.0. The molecule has 0 saturated heterocycles. The van der Waals surface area contributed by atoms with Gasteiger partial charge >= 0.3 is 0 Å². The van der Waals surface area contributed by atoms with Crippen molar-refractivity contribution in [2.75, 3.05) is 75.1 Å². The van der Waals surface area contributed by atoms with E-state index in [-0.39, 0.29) is 87.9 Å². The van der Waals surface area contributed by atoms with Crippen LogP contribution >= 0.6 is 0 Å². The van der Waals surface area contributed by atoms with Crippen molar-refractivity contribution in [2.24, 2.45) is 0 Å². The Balaban J connectivity index is 1.21. The highest BCUT2D eigenvalue weighted by molar-refractivity contribution is 7.86. The Morgan fingerprint density at radius 3 is 1.67 bits per heavy atom. The van der Waals surface area contributed by atoms with Crippen LogP contribution in [0.1, 0.15) is 47.8 Å². The maximum atomic E-state index is 12.8. The number of para-hydroxylation sites is 1. The fraction of sp³-hybridized carbons (Fsp3) is 0.304. The van der Waals surface area contributed by atoms with Crippen LogP contribution in [0.2, 0.25) is 0 Å². The first-order valence-corrected chi connectivity index (χ1v) is 26.3. The second-order valence-corrected chi connectivity index (χ2v) is 20.2. The minimum absolute atomic E-state index is 0.00810. The van der Waals surface area contributed by atoms with Crippen LogP contribution in [0, 0.1) is 0 Å². The highest BCUT2D eigenvalue weighted by atomic mass is 32.2. The van der Waals surface area contributed by atoms with Gasteiger partial charge in [-0.1, -0.05) is 66.7 Å². The van der Waals surface area contributed by atoms with Gasteiger partial charge in [-0.3, -0.25) is 13.7 Å². The molecule has 384 valence electrons. The molecule has 23 nitrogen and oxygen atoms in total. The lowest BCUT2D eigenvalue weighted by atomic mass is 10.1. The van der Waals surface area contributed by atoms with Crippen LogP contribution in [0.15, 0.2) is 106 Å². The molecule has 0 amide bonds. The molecule has 4 aromatic carbocycles. The summed E-state index contributed by atoms with van der Waals surface area (Å²) in [6.07, 6.45) is 3.41. The van der Waals surface area contributed by atoms with Crippen molar-refractivity contribution in [3.05, 3.63) is 125 Å². The van der Waals surface area contributed by atoms with Crippen molar-refractivity contribution in [3.63, 3.8) is 0 Å². The van der Waals surface area contributed by atoms with Gasteiger partial charge in [-0.2, -0.15) is 55.2 Å². The number of ether oxygens (including phenoxy) is 4. The van der Waals surface area contributed by atoms with Crippen LogP contribution < -0.4 is 21.3 Å². The minimum Gasteiger partial charge on any atom is -0.382 e. The quantitative estimate of drug-likeness (QED) is 0.0188. The maximum absolute atomic E-state index is 12.8. The molecule has 2 heterocycles. The average Bonchev–Trinajstić information content (AvgIpc) is 3.31. The molecule has 0 aliphatic carbocycles. The number of rotatable bonds is 27. The highest BCUT2D eigenvalue weighted by Crippen LogP contribution is 2.27. The first-order chi connectivity index (χ1) is 34.2. The normalized spacial score (nSPS) is 12.9. The first kappa shape index (κ1) is 54.7. The van der Waals surface area contributed by atoms with E-state index in [0.29, 0.717) is 50.0 Å². The molecule has 0 bridgehead atoms. The first-order valence-electron chi connectivity index (χ1n) is 22.0. The maximum Gasteiger partial charge on any atom is 0.296 e. The summed E-state index contributed by atoms with van der Waals surface area (Å²) in [4.78, 5) is 25.9. The summed E-state index contributed by atoms with van der Waals surface area (Å²) < 4.78 is 124. The molecule has 0 fully saturated rings. The van der Waals surface area contributed by atoms with Gasteiger partial charge in [0, 0.05) is 44.8 Å². The molecular weight excluding hydrogens is 997 g/mol. The molecule has 0 saturated carbocycles. The fourth-order valence-electron chi connectivity index (χ4n) is 6.70. The monoisotopic (exact) mass is 1050 g/mol. The Hall–Kier alpha value is -6.59. The molecule has 0 aliphatic heterocycles. The van der Waals surface area contributed by atoms with Gasteiger partial charge in [-0.05, 0) is 72.5 Å². The molecule has 2 atom stereocenters. The second-order valence-electron chi connectivity index (χ2n) is 16.0. The zero-order valence-corrected chi connectivity index (χ0v) is 41.9. The van der Waals surface area contributed by atoms with E-state index in [4.69, 9.17) is 18.9 Å². The summed E-state index contributed by atoms with van der Waals surface area (Å²) in [6.45, 7) is 5.83. The summed E-state index contributed by atoms with van der Waals surface area (Å²) >= 11 is 0. The molecule has 0 spiro atoms. The molecule has 2 aromatic heterocycles. The summed E-state index contributed by atoms with van der Waals surface area (Å²) in [5, 5.41) is 12.2. The minimum atomic E-state index is -4.78. The Bertz CT molecular complexity index is 3170. The van der Waals surface area contributed by atoms with Crippen LogP contribution in [-0.4, -0.2) is 135 Å². The van der Waals surface area contributed by atoms with E-state index in [1.165, 1.54) is 54.6 Å². The van der Waals surface area contributed by atoms with E-state index >= 15 is 0 Å². The Morgan fingerprint density at radius 1 is 0.542 bits per heavy atom. The molecule has 2 unspecified atom stereocenters. The van der Waals surface area contributed by atoms with Gasteiger partial charge in [0.15, 0.2) is 0 Å². The second kappa shape index (κ2) is 25.2. The van der Waals surface area contributed by atoms with Crippen molar-refractivity contribution in [1.29, 1.82) is 0 Å². The molecule has 7 N–H and O–H groups in total. The number of hydrogen-bond donors (Lipinski definition) is 7. The Labute approximate surface area is 417 Å². The standard InChI is InChI=1S/C46H54N10O13S3/c1-30(28-68-22-20-66-3)47-43-52-42(26-34-8-7-9-37(24-34)70(57,58)59)53-45(55-43)49-36-19-18-35(40(27-36)72(63,64)65)17-16-32-12-14-33(15-13-32)25-41-51-44(48-31(2)29-69-23-21-67-4)56-46(54-41)50-38-10-5-6-11-39(38)71(60,61)62/h5-19,24,27,30-31H,20-23,25-26,28-29H2,1-4H3,(H,57,58,59)(H,60,61,62)(H,63,64,65)(H2,47,49,52,53,55)(H2,48,50,51,54,56)/b17-16+. The van der Waals surface area contributed by atoms with Crippen LogP contribution in [0.5, 0.6) is 0 Å². The van der Waals surface area contributed by atoms with Gasteiger partial charge in [0.05, 0.1) is 50.2 Å². The fourth-order valence-corrected chi connectivity index (χ4v) is 8.61. The Kier molecular flexibility index (Phi) is 19.1. The van der Waals surface area contributed by atoms with Gasteiger partial charge < -0.3 is 40.2 Å². The lowest BCUT2D eigenvalue weighted by Crippen LogP contribution is -2.24. The number of hydrogen-bond acceptors (Lipinski definition) is 20. The summed E-state index contributed by atoms with van der Waals surface area (Å²) in [5.74, 6) is 0.802. The summed E-state index contributed by atoms with van der Waals surface area (Å²) in [7, 11) is -10.7. The SMILES string of the molecule is COCCOCC(C)Nc1nc(Cc2cccc(S(=O)(=O)O)c2)nc(Nc2ccc(/C=C/c3ccc(Cc4nc(Nc5ccccc5S(=O)(=O)O)nc(NC(C)COCCOC)n4)cc3)c(S(=O)(=O)O)c2)n1. The van der Waals surface area contributed by atoms with Crippen LogP contribution in [0.25, 0.3) is 12.2 Å². The van der Waals surface area contributed by atoms with Crippen molar-refractivity contribution < 1.29 is 57.9 Å². The van der Waals surface area contributed by atoms with E-state index < -0.39 is 35.2 Å². The number of nitrogens with zero attached hydrogens (tertiary/aromatic N) is 6. The van der Waals surface area contributed by atoms with Crippen LogP contribution in [0.4, 0.5) is 35.2 Å². The van der Waals surface area contributed by atoms with E-state index in [2.05, 4.69) is 51.2 Å². The number of anilines is 6. The van der Waals surface area contributed by atoms with E-state index in [1.54, 1.807) is 50.6 Å². The highest BCUT2D eigenvalue weighted by Gasteiger charge is 2.20. The predicted octanol–water partition coefficient (Wildman–Crippen LogP) is 5.56. The van der Waals surface area contributed by atoms with E-state index in [9.17, 15) is 38.9 Å². The molecule has 72 heavy (non-hydrogen) atoms. The van der Waals surface area contributed by atoms with Crippen molar-refractivity contribution >= 4 is 77.7 Å². The van der Waals surface area contributed by atoms with E-state index in [0.717, 1.165) is 5.56 Å². The van der Waals surface area contributed by atoms with Crippen molar-refractivity contribution in [3.8, 4) is 0 Å². The smallest absolute Gasteiger partial charge is 0.296 e. The van der Waals surface area contributed by atoms with Crippen molar-refractivity contribution in [1.82, 2.24) is 29.9 Å².